The summed E-state index contributed by atoms with van der Waals surface area (Å²) in [6.07, 6.45) is 1.86. The second-order valence-corrected chi connectivity index (χ2v) is 16.4. The van der Waals surface area contributed by atoms with Crippen molar-refractivity contribution in [3.05, 3.63) is 101 Å². The van der Waals surface area contributed by atoms with Crippen molar-refractivity contribution in [1.82, 2.24) is 16.0 Å². The summed E-state index contributed by atoms with van der Waals surface area (Å²) in [5.74, 6) is -1.67. The van der Waals surface area contributed by atoms with E-state index in [4.69, 9.17) is 24.8 Å². The third-order valence-electron chi connectivity index (χ3n) is 9.46. The molecule has 1 aliphatic rings. The molecular weight excluding hydrogens is 763 g/mol. The maximum absolute atomic E-state index is 13.7. The molecule has 5 amide bonds. The van der Waals surface area contributed by atoms with Crippen LogP contribution in [0, 0.1) is 17.2 Å². The van der Waals surface area contributed by atoms with E-state index in [0.717, 1.165) is 27.8 Å². The molecule has 0 radical (unpaired) electrons. The molecular formula is C42H53N6O9P. The van der Waals surface area contributed by atoms with E-state index >= 15 is 0 Å². The van der Waals surface area contributed by atoms with Crippen molar-refractivity contribution < 1.29 is 42.6 Å². The summed E-state index contributed by atoms with van der Waals surface area (Å²) in [5.41, 5.74) is 11.2. The number of benzene rings is 3. The summed E-state index contributed by atoms with van der Waals surface area (Å²) in [5, 5.41) is 28.8. The van der Waals surface area contributed by atoms with Crippen molar-refractivity contribution in [2.24, 2.45) is 11.7 Å². The summed E-state index contributed by atoms with van der Waals surface area (Å²) < 4.78 is 30.2. The quantitative estimate of drug-likeness (QED) is 0.0388. The molecule has 1 aliphatic carbocycles. The highest BCUT2D eigenvalue weighted by Crippen LogP contribution is 2.50. The van der Waals surface area contributed by atoms with Gasteiger partial charge in [0, 0.05) is 18.2 Å². The highest BCUT2D eigenvalue weighted by atomic mass is 31.2. The van der Waals surface area contributed by atoms with Crippen molar-refractivity contribution in [3.8, 4) is 17.2 Å². The highest BCUT2D eigenvalue weighted by Gasteiger charge is 2.32. The fourth-order valence-corrected chi connectivity index (χ4v) is 7.86. The van der Waals surface area contributed by atoms with Crippen LogP contribution in [0.15, 0.2) is 84.4 Å². The minimum atomic E-state index is -3.57. The van der Waals surface area contributed by atoms with E-state index in [1.165, 1.54) is 0 Å². The van der Waals surface area contributed by atoms with Crippen LogP contribution in [0.5, 0.6) is 0 Å². The van der Waals surface area contributed by atoms with Gasteiger partial charge in [-0.25, -0.2) is 9.59 Å². The summed E-state index contributed by atoms with van der Waals surface area (Å²) in [4.78, 5) is 51.7. The Labute approximate surface area is 339 Å². The number of nitrogens with zero attached hydrogens (tertiary/aromatic N) is 1. The van der Waals surface area contributed by atoms with Gasteiger partial charge in [0.25, 0.3) is 0 Å². The minimum absolute atomic E-state index is 0.0452. The number of nitrogens with one attached hydrogen (secondary N) is 4. The van der Waals surface area contributed by atoms with Crippen LogP contribution in [0.4, 0.5) is 15.3 Å². The van der Waals surface area contributed by atoms with Crippen LogP contribution in [0.1, 0.15) is 69.1 Å². The molecule has 3 aromatic rings. The number of anilines is 1. The molecule has 4 rings (SSSR count). The van der Waals surface area contributed by atoms with Crippen molar-refractivity contribution in [2.45, 2.75) is 71.1 Å². The lowest BCUT2D eigenvalue weighted by Crippen LogP contribution is -2.54. The number of allylic oxidation sites excluding steroid dienone is 1. The van der Waals surface area contributed by atoms with E-state index in [1.807, 2.05) is 54.6 Å². The van der Waals surface area contributed by atoms with Crippen LogP contribution in [0.25, 0.3) is 11.1 Å². The fraction of sp³-hybridized carbons (Fsp3) is 0.405. The summed E-state index contributed by atoms with van der Waals surface area (Å²) in [6.45, 7) is 5.25. The van der Waals surface area contributed by atoms with Crippen LogP contribution in [0.3, 0.4) is 0 Å². The lowest BCUT2D eigenvalue weighted by molar-refractivity contribution is -0.128. The van der Waals surface area contributed by atoms with Gasteiger partial charge in [-0.1, -0.05) is 86.2 Å². The van der Waals surface area contributed by atoms with Gasteiger partial charge in [0.05, 0.1) is 38.5 Å². The number of aliphatic hydroxyl groups is 1. The molecule has 58 heavy (non-hydrogen) atoms. The molecule has 0 aliphatic heterocycles. The van der Waals surface area contributed by atoms with Crippen LogP contribution >= 0.6 is 7.60 Å². The number of ether oxygens (including phenoxy) is 1. The lowest BCUT2D eigenvalue weighted by atomic mass is 9.98. The summed E-state index contributed by atoms with van der Waals surface area (Å²) in [6, 6.07) is 21.6. The van der Waals surface area contributed by atoms with Gasteiger partial charge in [-0.2, -0.15) is 5.26 Å². The first-order chi connectivity index (χ1) is 27.8. The Kier molecular flexibility index (Phi) is 17.5. The predicted molar refractivity (Wildman–Crippen MR) is 220 cm³/mol. The Balaban J connectivity index is 1.37. The number of amides is 5. The molecule has 310 valence electrons. The maximum Gasteiger partial charge on any atom is 0.407 e. The Bertz CT molecular complexity index is 1950. The largest absolute Gasteiger partial charge is 0.449 e. The summed E-state index contributed by atoms with van der Waals surface area (Å²) in [7, 11) is -3.57. The van der Waals surface area contributed by atoms with E-state index in [0.29, 0.717) is 24.1 Å². The third kappa shape index (κ3) is 13.6. The molecule has 1 unspecified atom stereocenters. The lowest BCUT2D eigenvalue weighted by Gasteiger charge is -2.25. The zero-order chi connectivity index (χ0) is 42.1. The number of aliphatic hydroxyl groups excluding tert-OH is 1. The van der Waals surface area contributed by atoms with E-state index in [-0.39, 0.29) is 63.8 Å². The predicted octanol–water partition coefficient (Wildman–Crippen LogP) is 6.09. The fourth-order valence-electron chi connectivity index (χ4n) is 6.37. The van der Waals surface area contributed by atoms with Crippen LogP contribution in [-0.2, 0) is 34.5 Å². The number of carbonyl (C=O) groups excluding carboxylic acids is 4. The van der Waals surface area contributed by atoms with Gasteiger partial charge >= 0.3 is 19.7 Å². The van der Waals surface area contributed by atoms with Crippen molar-refractivity contribution >= 4 is 37.2 Å². The van der Waals surface area contributed by atoms with Crippen molar-refractivity contribution in [3.63, 3.8) is 0 Å². The Morgan fingerprint density at radius 2 is 1.60 bits per heavy atom. The number of carbonyl (C=O) groups is 4. The standard InChI is InChI=1S/C42H53N6O9P/c1-28(2)38(48-42(53)55-27-36-34-14-6-4-12-32(34)33-13-5-7-15-35(33)36)40(51)47-37(16-8-22-45-41(44)52)39(50)46-31-19-17-30(18-20-31)26-57-58(54,56-23-10-21-43)24-9-11-29(3)25-49/h4-7,11-15,17-20,28,36-38,49H,8-10,16,22-27H2,1-3H3,(H,46,50)(H,47,51)(H,48,53)(H3,44,45,52)/b29-11+/t37-,38-,58?/m0/s1. The molecule has 0 spiro atoms. The van der Waals surface area contributed by atoms with Gasteiger partial charge in [0.1, 0.15) is 18.7 Å². The van der Waals surface area contributed by atoms with Crippen LogP contribution in [-0.4, -0.2) is 73.7 Å². The third-order valence-corrected chi connectivity index (χ3v) is 11.4. The maximum atomic E-state index is 13.7. The van der Waals surface area contributed by atoms with Crippen molar-refractivity contribution in [2.75, 3.05) is 37.8 Å². The molecule has 0 bridgehead atoms. The number of rotatable bonds is 22. The van der Waals surface area contributed by atoms with Gasteiger partial charge in [-0.15, -0.1) is 0 Å². The highest BCUT2D eigenvalue weighted by molar-refractivity contribution is 7.53. The monoisotopic (exact) mass is 816 g/mol. The smallest absolute Gasteiger partial charge is 0.407 e. The molecule has 7 N–H and O–H groups in total. The molecule has 3 atom stereocenters. The molecule has 16 heteroatoms. The minimum Gasteiger partial charge on any atom is -0.449 e. The number of hydrogen-bond donors (Lipinski definition) is 6. The summed E-state index contributed by atoms with van der Waals surface area (Å²) >= 11 is 0. The van der Waals surface area contributed by atoms with E-state index in [9.17, 15) is 28.8 Å². The first-order valence-electron chi connectivity index (χ1n) is 19.2. The van der Waals surface area contributed by atoms with Gasteiger partial charge in [-0.3, -0.25) is 14.2 Å². The number of primary amides is 1. The van der Waals surface area contributed by atoms with Gasteiger partial charge < -0.3 is 45.9 Å². The average molecular weight is 817 g/mol. The number of nitriles is 1. The van der Waals surface area contributed by atoms with Crippen LogP contribution < -0.4 is 27.0 Å². The molecule has 0 aromatic heterocycles. The zero-order valence-corrected chi connectivity index (χ0v) is 34.0. The SMILES string of the molecule is C/C(=C\CCP(=O)(OCCC#N)OCc1ccc(NC(=O)[C@H](CCCNC(N)=O)NC(=O)[C@@H](NC(=O)OCC2c3ccccc3-c3ccccc32)C(C)C)cc1)CO. The number of nitrogens with two attached hydrogens (primary N) is 1. The van der Waals surface area contributed by atoms with Crippen molar-refractivity contribution in [1.29, 1.82) is 5.26 Å². The molecule has 0 fully saturated rings. The molecule has 0 heterocycles. The zero-order valence-electron chi connectivity index (χ0n) is 33.1. The topological polar surface area (TPSA) is 231 Å². The second kappa shape index (κ2) is 22.4. The number of alkyl carbamates (subject to hydrolysis) is 1. The van der Waals surface area contributed by atoms with Gasteiger partial charge in [0.2, 0.25) is 11.8 Å². The van der Waals surface area contributed by atoms with Gasteiger partial charge in [-0.05, 0) is 72.1 Å². The average Bonchev–Trinajstić information content (AvgIpc) is 3.53. The Morgan fingerprint density at radius 3 is 2.21 bits per heavy atom. The number of fused-ring (bicyclic) bond motifs is 3. The van der Waals surface area contributed by atoms with Gasteiger partial charge in [0.15, 0.2) is 0 Å². The number of hydrogen-bond acceptors (Lipinski definition) is 10. The number of urea groups is 1. The molecule has 0 saturated heterocycles. The first kappa shape index (κ1) is 45.2. The second-order valence-electron chi connectivity index (χ2n) is 14.2. The Morgan fingerprint density at radius 1 is 0.948 bits per heavy atom. The van der Waals surface area contributed by atoms with E-state index in [1.54, 1.807) is 51.1 Å². The molecule has 0 saturated carbocycles. The van der Waals surface area contributed by atoms with E-state index in [2.05, 4.69) is 21.3 Å². The Hall–Kier alpha value is -5.52. The normalized spacial score (nSPS) is 14.2. The van der Waals surface area contributed by atoms with Crippen LogP contribution in [0.2, 0.25) is 0 Å². The molecule has 15 nitrogen and oxygen atoms in total. The first-order valence-corrected chi connectivity index (χ1v) is 20.9. The van der Waals surface area contributed by atoms with E-state index < -0.39 is 43.6 Å². The molecule has 3 aromatic carbocycles.